The van der Waals surface area contributed by atoms with Crippen LogP contribution in [0.2, 0.25) is 0 Å². The van der Waals surface area contributed by atoms with Gasteiger partial charge in [0, 0.05) is 0 Å². The quantitative estimate of drug-likeness (QED) is 0.0292. The van der Waals surface area contributed by atoms with Crippen molar-refractivity contribution in [1.29, 1.82) is 0 Å². The average Bonchev–Trinajstić information content (AvgIpc) is 3.06. The molecule has 0 saturated heterocycles. The second kappa shape index (κ2) is 34.9. The molecule has 0 fully saturated rings. The van der Waals surface area contributed by atoms with Crippen LogP contribution in [0.5, 0.6) is 0 Å². The summed E-state index contributed by atoms with van der Waals surface area (Å²) in [7, 11) is 0. The van der Waals surface area contributed by atoms with Gasteiger partial charge in [-0.15, -0.1) is 0 Å². The van der Waals surface area contributed by atoms with Gasteiger partial charge in [0.05, 0.1) is 43.5 Å². The maximum atomic E-state index is 12.4. The van der Waals surface area contributed by atoms with Gasteiger partial charge >= 0.3 is 0 Å². The minimum Gasteiger partial charge on any atom is -0.394 e. The molecule has 0 radical (unpaired) electrons. The number of unbranched alkanes of at least 4 members (excludes halogenated alkanes) is 24. The monoisotopic (exact) mass is 670 g/mol. The molecule has 1 amide bonds. The fraction of sp³-hybridized carbons (Fsp3) is 0.925. The molecule has 0 saturated carbocycles. The molecule has 0 aliphatic rings. The summed E-state index contributed by atoms with van der Waals surface area (Å²) in [6.07, 6.45) is 32.5. The highest BCUT2D eigenvalue weighted by Crippen LogP contribution is 2.16. The summed E-state index contributed by atoms with van der Waals surface area (Å²) in [5, 5.41) is 53.4. The number of carbonyl (C=O) groups excluding carboxylic acids is 1. The van der Waals surface area contributed by atoms with Gasteiger partial charge in [-0.2, -0.15) is 0 Å². The van der Waals surface area contributed by atoms with Gasteiger partial charge in [-0.3, -0.25) is 4.79 Å². The molecule has 6 N–H and O–H groups in total. The van der Waals surface area contributed by atoms with Crippen molar-refractivity contribution in [2.75, 3.05) is 6.61 Å². The van der Waals surface area contributed by atoms with E-state index < -0.39 is 43.0 Å². The number of carbonyl (C=O) groups is 1. The lowest BCUT2D eigenvalue weighted by Crippen LogP contribution is -2.46. The molecule has 7 heteroatoms. The molecule has 280 valence electrons. The highest BCUT2D eigenvalue weighted by atomic mass is 16.3. The Hall–Kier alpha value is -0.990. The van der Waals surface area contributed by atoms with Crippen molar-refractivity contribution < 1.29 is 30.3 Å². The summed E-state index contributed by atoms with van der Waals surface area (Å²) in [5.74, 6) is -0.542. The Morgan fingerprint density at radius 1 is 0.511 bits per heavy atom. The van der Waals surface area contributed by atoms with Crippen LogP contribution in [-0.2, 0) is 4.79 Å². The largest absolute Gasteiger partial charge is 0.394 e. The van der Waals surface area contributed by atoms with Gasteiger partial charge in [0.2, 0.25) is 5.91 Å². The van der Waals surface area contributed by atoms with E-state index in [2.05, 4.69) is 19.2 Å². The standard InChI is InChI=1S/C40H79NO6/c1-3-5-7-9-11-12-13-14-15-16-17-18-19-20-21-22-24-26-28-30-38(45)39(46)33-40(47)41-36(34-42)37(44)32-31-35(43)29-27-25-23-10-8-6-4-2/h31-32,35-39,42-46H,3-30,33-34H2,1-2H3,(H,41,47). The molecule has 47 heavy (non-hydrogen) atoms. The van der Waals surface area contributed by atoms with E-state index in [-0.39, 0.29) is 6.42 Å². The molecule has 0 aromatic carbocycles. The summed E-state index contributed by atoms with van der Waals surface area (Å²) in [5.41, 5.74) is 0. The Balaban J connectivity index is 3.82. The molecule has 0 aromatic heterocycles. The number of nitrogens with one attached hydrogen (secondary N) is 1. The van der Waals surface area contributed by atoms with Crippen LogP contribution < -0.4 is 5.32 Å². The van der Waals surface area contributed by atoms with Crippen LogP contribution in [0.25, 0.3) is 0 Å². The average molecular weight is 670 g/mol. The molecule has 0 heterocycles. The molecule has 5 atom stereocenters. The Morgan fingerprint density at radius 3 is 1.26 bits per heavy atom. The predicted octanol–water partition coefficient (Wildman–Crippen LogP) is 8.82. The van der Waals surface area contributed by atoms with Gasteiger partial charge < -0.3 is 30.8 Å². The summed E-state index contributed by atoms with van der Waals surface area (Å²) < 4.78 is 0. The molecular weight excluding hydrogens is 590 g/mol. The minimum atomic E-state index is -1.19. The number of hydrogen-bond acceptors (Lipinski definition) is 6. The number of hydrogen-bond donors (Lipinski definition) is 6. The first-order chi connectivity index (χ1) is 22.8. The minimum absolute atomic E-state index is 0.298. The molecular formula is C40H79NO6. The number of aliphatic hydroxyl groups is 5. The maximum absolute atomic E-state index is 12.4. The molecule has 0 bridgehead atoms. The maximum Gasteiger partial charge on any atom is 0.223 e. The molecule has 0 rings (SSSR count). The Bertz CT molecular complexity index is 690. The van der Waals surface area contributed by atoms with Crippen molar-refractivity contribution in [2.45, 2.75) is 231 Å². The lowest BCUT2D eigenvalue weighted by molar-refractivity contribution is -0.126. The van der Waals surface area contributed by atoms with E-state index in [0.717, 1.165) is 38.5 Å². The van der Waals surface area contributed by atoms with Crippen molar-refractivity contribution in [2.24, 2.45) is 0 Å². The van der Waals surface area contributed by atoms with Crippen LogP contribution in [0, 0.1) is 0 Å². The zero-order valence-corrected chi connectivity index (χ0v) is 30.9. The third-order valence-electron chi connectivity index (χ3n) is 9.53. The van der Waals surface area contributed by atoms with Gasteiger partial charge in [-0.1, -0.05) is 193 Å². The zero-order chi connectivity index (χ0) is 34.8. The van der Waals surface area contributed by atoms with Crippen molar-refractivity contribution >= 4 is 5.91 Å². The smallest absolute Gasteiger partial charge is 0.223 e. The molecule has 0 spiro atoms. The third-order valence-corrected chi connectivity index (χ3v) is 9.53. The fourth-order valence-electron chi connectivity index (χ4n) is 6.24. The Kier molecular flexibility index (Phi) is 34.1. The fourth-order valence-corrected chi connectivity index (χ4v) is 6.24. The van der Waals surface area contributed by atoms with Crippen LogP contribution in [0.4, 0.5) is 0 Å². The van der Waals surface area contributed by atoms with Crippen molar-refractivity contribution in [3.8, 4) is 0 Å². The van der Waals surface area contributed by atoms with Gasteiger partial charge in [-0.25, -0.2) is 0 Å². The van der Waals surface area contributed by atoms with Crippen molar-refractivity contribution in [1.82, 2.24) is 5.32 Å². The molecule has 0 aliphatic carbocycles. The van der Waals surface area contributed by atoms with E-state index in [9.17, 15) is 30.3 Å². The normalized spacial score (nSPS) is 15.1. The van der Waals surface area contributed by atoms with Crippen LogP contribution in [0.1, 0.15) is 200 Å². The second-order valence-corrected chi connectivity index (χ2v) is 14.2. The molecule has 0 aliphatic heterocycles. The van der Waals surface area contributed by atoms with E-state index in [1.807, 2.05) is 0 Å². The first kappa shape index (κ1) is 46.0. The number of aliphatic hydroxyl groups excluding tert-OH is 5. The highest BCUT2D eigenvalue weighted by Gasteiger charge is 2.23. The zero-order valence-electron chi connectivity index (χ0n) is 30.9. The second-order valence-electron chi connectivity index (χ2n) is 14.2. The summed E-state index contributed by atoms with van der Waals surface area (Å²) in [6.45, 7) is 3.99. The van der Waals surface area contributed by atoms with E-state index in [1.165, 1.54) is 141 Å². The van der Waals surface area contributed by atoms with Crippen LogP contribution in [-0.4, -0.2) is 68.5 Å². The van der Waals surface area contributed by atoms with E-state index in [0.29, 0.717) is 12.8 Å². The first-order valence-corrected chi connectivity index (χ1v) is 20.2. The van der Waals surface area contributed by atoms with Crippen LogP contribution in [0.15, 0.2) is 12.2 Å². The first-order valence-electron chi connectivity index (χ1n) is 20.2. The van der Waals surface area contributed by atoms with Gasteiger partial charge in [0.1, 0.15) is 0 Å². The molecule has 7 nitrogen and oxygen atoms in total. The number of amides is 1. The highest BCUT2D eigenvalue weighted by molar-refractivity contribution is 5.77. The van der Waals surface area contributed by atoms with Crippen LogP contribution >= 0.6 is 0 Å². The number of rotatable bonds is 36. The third kappa shape index (κ3) is 30.8. The SMILES string of the molecule is CCCCCCCCCCCCCCCCCCCCCC(O)C(O)CC(=O)NC(CO)C(O)C=CC(O)CCCCCCCCC. The Labute approximate surface area is 290 Å². The van der Waals surface area contributed by atoms with Crippen molar-refractivity contribution in [3.05, 3.63) is 12.2 Å². The van der Waals surface area contributed by atoms with E-state index >= 15 is 0 Å². The summed E-state index contributed by atoms with van der Waals surface area (Å²) >= 11 is 0. The lowest BCUT2D eigenvalue weighted by atomic mass is 10.0. The molecule has 5 unspecified atom stereocenters. The van der Waals surface area contributed by atoms with Crippen molar-refractivity contribution in [3.63, 3.8) is 0 Å². The van der Waals surface area contributed by atoms with E-state index in [1.54, 1.807) is 0 Å². The van der Waals surface area contributed by atoms with E-state index in [4.69, 9.17) is 0 Å². The van der Waals surface area contributed by atoms with Gasteiger partial charge in [-0.05, 0) is 12.8 Å². The topological polar surface area (TPSA) is 130 Å². The predicted molar refractivity (Wildman–Crippen MR) is 197 cm³/mol. The summed E-state index contributed by atoms with van der Waals surface area (Å²) in [6, 6.07) is -0.950. The van der Waals surface area contributed by atoms with Crippen LogP contribution in [0.3, 0.4) is 0 Å². The molecule has 0 aromatic rings. The van der Waals surface area contributed by atoms with Gasteiger partial charge in [0.15, 0.2) is 0 Å². The Morgan fingerprint density at radius 2 is 0.872 bits per heavy atom. The lowest BCUT2D eigenvalue weighted by Gasteiger charge is -2.22. The van der Waals surface area contributed by atoms with Gasteiger partial charge in [0.25, 0.3) is 0 Å². The summed E-state index contributed by atoms with van der Waals surface area (Å²) in [4.78, 5) is 12.4.